The Morgan fingerprint density at radius 2 is 1.94 bits per heavy atom. The van der Waals surface area contributed by atoms with Crippen LogP contribution in [-0.4, -0.2) is 19.8 Å². The van der Waals surface area contributed by atoms with Gasteiger partial charge in [0.05, 0.1) is 4.90 Å². The van der Waals surface area contributed by atoms with Gasteiger partial charge in [0.2, 0.25) is 0 Å². The largest absolute Gasteiger partial charge is 0.384 e. The second kappa shape index (κ2) is 4.84. The van der Waals surface area contributed by atoms with Crippen LogP contribution in [-0.2, 0) is 9.84 Å². The molecule has 0 radical (unpaired) electrons. The van der Waals surface area contributed by atoms with E-state index in [4.69, 9.17) is 0 Å². The molecule has 0 saturated heterocycles. The summed E-state index contributed by atoms with van der Waals surface area (Å²) in [6.07, 6.45) is 0.379. The third-order valence-corrected chi connectivity index (χ3v) is 4.66. The van der Waals surface area contributed by atoms with E-state index in [9.17, 15) is 13.5 Å². The van der Waals surface area contributed by atoms with E-state index in [0.29, 0.717) is 5.56 Å². The molecule has 2 rings (SSSR count). The fraction of sp³-hybridized carbons (Fsp3) is 0.231. The first kappa shape index (κ1) is 13.3. The lowest BCUT2D eigenvalue weighted by Crippen LogP contribution is -2.02. The average Bonchev–Trinajstić information content (AvgIpc) is 2.74. The van der Waals surface area contributed by atoms with E-state index in [1.165, 1.54) is 12.1 Å². The molecule has 0 fully saturated rings. The van der Waals surface area contributed by atoms with Crippen LogP contribution in [0.2, 0.25) is 0 Å². The molecular formula is C13H14O3S2. The maximum Gasteiger partial charge on any atom is 0.175 e. The Hall–Kier alpha value is -1.17. The molecule has 0 bridgehead atoms. The van der Waals surface area contributed by atoms with Crippen molar-refractivity contribution in [3.8, 4) is 0 Å². The van der Waals surface area contributed by atoms with Crippen LogP contribution < -0.4 is 0 Å². The quantitative estimate of drug-likeness (QED) is 0.941. The smallest absolute Gasteiger partial charge is 0.175 e. The Bertz CT molecular complexity index is 656. The van der Waals surface area contributed by atoms with Crippen molar-refractivity contribution in [2.24, 2.45) is 0 Å². The number of benzene rings is 1. The van der Waals surface area contributed by atoms with Gasteiger partial charge in [0, 0.05) is 11.1 Å². The lowest BCUT2D eigenvalue weighted by molar-refractivity contribution is 0.220. The highest BCUT2D eigenvalue weighted by Crippen LogP contribution is 2.27. The minimum absolute atomic E-state index is 0.228. The molecular weight excluding hydrogens is 268 g/mol. The zero-order valence-electron chi connectivity index (χ0n) is 10.1. The number of sulfone groups is 1. The van der Waals surface area contributed by atoms with E-state index in [2.05, 4.69) is 0 Å². The van der Waals surface area contributed by atoms with Crippen molar-refractivity contribution < 1.29 is 13.5 Å². The summed E-state index contributed by atoms with van der Waals surface area (Å²) in [5.74, 6) is 0. The molecule has 0 saturated carbocycles. The molecule has 0 aliphatic heterocycles. The normalized spacial score (nSPS) is 13.5. The van der Waals surface area contributed by atoms with E-state index < -0.39 is 15.9 Å². The molecule has 96 valence electrons. The molecule has 1 heterocycles. The number of thiophene rings is 1. The third-order valence-electron chi connectivity index (χ3n) is 2.67. The van der Waals surface area contributed by atoms with Gasteiger partial charge in [0.25, 0.3) is 0 Å². The summed E-state index contributed by atoms with van der Waals surface area (Å²) in [4.78, 5) is 1.34. The van der Waals surface area contributed by atoms with E-state index in [1.807, 2.05) is 18.4 Å². The topological polar surface area (TPSA) is 54.4 Å². The molecule has 18 heavy (non-hydrogen) atoms. The van der Waals surface area contributed by atoms with Gasteiger partial charge < -0.3 is 5.11 Å². The van der Waals surface area contributed by atoms with E-state index in [-0.39, 0.29) is 4.90 Å². The van der Waals surface area contributed by atoms with Gasteiger partial charge in [-0.1, -0.05) is 12.1 Å². The van der Waals surface area contributed by atoms with Crippen LogP contribution in [0.15, 0.2) is 40.6 Å². The molecule has 1 aromatic carbocycles. The summed E-state index contributed by atoms with van der Waals surface area (Å²) < 4.78 is 22.9. The maximum absolute atomic E-state index is 11.5. The summed E-state index contributed by atoms with van der Waals surface area (Å²) >= 11 is 1.56. The van der Waals surface area contributed by atoms with Gasteiger partial charge in [-0.15, -0.1) is 11.3 Å². The lowest BCUT2D eigenvalue weighted by Gasteiger charge is -2.10. The third kappa shape index (κ3) is 2.80. The number of hydrogen-bond acceptors (Lipinski definition) is 4. The molecule has 1 atom stereocenters. The molecule has 1 unspecified atom stereocenters. The van der Waals surface area contributed by atoms with Crippen LogP contribution in [0, 0.1) is 6.92 Å². The monoisotopic (exact) mass is 282 g/mol. The zero-order chi connectivity index (χ0) is 13.3. The number of aliphatic hydroxyl groups is 1. The Kier molecular flexibility index (Phi) is 3.56. The number of aliphatic hydroxyl groups excluding tert-OH is 1. The molecule has 0 aliphatic carbocycles. The molecule has 2 aromatic rings. The molecule has 3 nitrogen and oxygen atoms in total. The average molecular weight is 282 g/mol. The van der Waals surface area contributed by atoms with Crippen molar-refractivity contribution >= 4 is 21.2 Å². The molecule has 0 aliphatic rings. The van der Waals surface area contributed by atoms with Gasteiger partial charge in [0.1, 0.15) is 6.10 Å². The second-order valence-corrected chi connectivity index (χ2v) is 7.37. The van der Waals surface area contributed by atoms with Crippen LogP contribution in [0.3, 0.4) is 0 Å². The maximum atomic E-state index is 11.5. The highest BCUT2D eigenvalue weighted by Gasteiger charge is 2.14. The first-order valence-electron chi connectivity index (χ1n) is 5.41. The summed E-state index contributed by atoms with van der Waals surface area (Å²) in [6, 6.07) is 8.33. The van der Waals surface area contributed by atoms with Gasteiger partial charge in [-0.2, -0.15) is 0 Å². The molecule has 5 heteroatoms. The lowest BCUT2D eigenvalue weighted by atomic mass is 10.0. The fourth-order valence-corrected chi connectivity index (χ4v) is 3.11. The van der Waals surface area contributed by atoms with Gasteiger partial charge in [-0.3, -0.25) is 0 Å². The summed E-state index contributed by atoms with van der Waals surface area (Å²) in [7, 11) is -3.24. The van der Waals surface area contributed by atoms with Gasteiger partial charge in [0.15, 0.2) is 9.84 Å². The molecule has 1 N–H and O–H groups in total. The van der Waals surface area contributed by atoms with E-state index in [0.717, 1.165) is 16.7 Å². The number of hydrogen-bond donors (Lipinski definition) is 1. The fourth-order valence-electron chi connectivity index (χ4n) is 1.71. The second-order valence-electron chi connectivity index (χ2n) is 4.24. The molecule has 0 spiro atoms. The predicted molar refractivity (Wildman–Crippen MR) is 72.7 cm³/mol. The van der Waals surface area contributed by atoms with Crippen molar-refractivity contribution in [3.05, 3.63) is 51.7 Å². The zero-order valence-corrected chi connectivity index (χ0v) is 11.8. The van der Waals surface area contributed by atoms with Gasteiger partial charge in [-0.25, -0.2) is 8.42 Å². The summed E-state index contributed by atoms with van der Waals surface area (Å²) in [6.45, 7) is 1.97. The standard InChI is InChI=1S/C13H14O3S2/c1-9-6-11(8-17-9)13(14)10-4-3-5-12(7-10)18(2,15)16/h3-8,13-14H,1-2H3. The van der Waals surface area contributed by atoms with Crippen LogP contribution in [0.1, 0.15) is 22.1 Å². The number of aryl methyl sites for hydroxylation is 1. The van der Waals surface area contributed by atoms with Crippen molar-refractivity contribution in [2.75, 3.05) is 6.26 Å². The first-order chi connectivity index (χ1) is 8.38. The van der Waals surface area contributed by atoms with Gasteiger partial charge in [-0.05, 0) is 41.6 Å². The first-order valence-corrected chi connectivity index (χ1v) is 8.18. The van der Waals surface area contributed by atoms with E-state index in [1.54, 1.807) is 23.5 Å². The van der Waals surface area contributed by atoms with Crippen molar-refractivity contribution in [2.45, 2.75) is 17.9 Å². The van der Waals surface area contributed by atoms with Crippen molar-refractivity contribution in [3.63, 3.8) is 0 Å². The Balaban J connectivity index is 2.40. The SMILES string of the molecule is Cc1cc(C(O)c2cccc(S(C)(=O)=O)c2)cs1. The minimum atomic E-state index is -3.24. The van der Waals surface area contributed by atoms with Crippen LogP contribution in [0.5, 0.6) is 0 Å². The van der Waals surface area contributed by atoms with Crippen LogP contribution >= 0.6 is 11.3 Å². The molecule has 0 amide bonds. The highest BCUT2D eigenvalue weighted by molar-refractivity contribution is 7.90. The Morgan fingerprint density at radius 1 is 1.22 bits per heavy atom. The summed E-state index contributed by atoms with van der Waals surface area (Å²) in [5.41, 5.74) is 1.39. The Labute approximate surface area is 111 Å². The predicted octanol–water partition coefficient (Wildman–Crippen LogP) is 2.54. The van der Waals surface area contributed by atoms with Crippen LogP contribution in [0.25, 0.3) is 0 Å². The molecule has 1 aromatic heterocycles. The Morgan fingerprint density at radius 3 is 2.50 bits per heavy atom. The van der Waals surface area contributed by atoms with Gasteiger partial charge >= 0.3 is 0 Å². The van der Waals surface area contributed by atoms with Crippen LogP contribution in [0.4, 0.5) is 0 Å². The van der Waals surface area contributed by atoms with Crippen molar-refractivity contribution in [1.82, 2.24) is 0 Å². The minimum Gasteiger partial charge on any atom is -0.384 e. The highest BCUT2D eigenvalue weighted by atomic mass is 32.2. The number of rotatable bonds is 3. The van der Waals surface area contributed by atoms with E-state index >= 15 is 0 Å². The summed E-state index contributed by atoms with van der Waals surface area (Å²) in [5, 5.41) is 12.1. The van der Waals surface area contributed by atoms with Crippen molar-refractivity contribution in [1.29, 1.82) is 0 Å².